The third kappa shape index (κ3) is 3.89. The van der Waals surface area contributed by atoms with E-state index in [9.17, 15) is 9.59 Å². The molecule has 1 atom stereocenters. The summed E-state index contributed by atoms with van der Waals surface area (Å²) in [5, 5.41) is 0. The van der Waals surface area contributed by atoms with E-state index < -0.39 is 5.54 Å². The van der Waals surface area contributed by atoms with Crippen LogP contribution in [0.2, 0.25) is 0 Å². The predicted octanol–water partition coefficient (Wildman–Crippen LogP) is 4.71. The minimum absolute atomic E-state index is 0.131. The second-order valence-corrected chi connectivity index (χ2v) is 9.84. The van der Waals surface area contributed by atoms with E-state index >= 15 is 0 Å². The van der Waals surface area contributed by atoms with Crippen LogP contribution in [-0.4, -0.2) is 54.7 Å². The van der Waals surface area contributed by atoms with Gasteiger partial charge in [-0.05, 0) is 55.7 Å². The molecule has 1 fully saturated rings. The molecule has 0 bridgehead atoms. The topological polar surface area (TPSA) is 49.9 Å². The van der Waals surface area contributed by atoms with Crippen LogP contribution < -0.4 is 4.74 Å². The van der Waals surface area contributed by atoms with Crippen LogP contribution in [0, 0.1) is 20.8 Å². The van der Waals surface area contributed by atoms with Gasteiger partial charge in [0.1, 0.15) is 5.75 Å². The number of ketones is 2. The van der Waals surface area contributed by atoms with Gasteiger partial charge in [-0.3, -0.25) is 19.4 Å². The highest BCUT2D eigenvalue weighted by Crippen LogP contribution is 2.44. The van der Waals surface area contributed by atoms with E-state index in [4.69, 9.17) is 4.74 Å². The summed E-state index contributed by atoms with van der Waals surface area (Å²) in [7, 11) is 1.58. The molecule has 1 heterocycles. The lowest BCUT2D eigenvalue weighted by Gasteiger charge is -2.44. The summed E-state index contributed by atoms with van der Waals surface area (Å²) >= 11 is 0. The highest BCUT2D eigenvalue weighted by molar-refractivity contribution is 6.33. The number of fused-ring (bicyclic) bond motifs is 1. The van der Waals surface area contributed by atoms with E-state index in [0.29, 0.717) is 30.0 Å². The average molecular weight is 469 g/mol. The Morgan fingerprint density at radius 1 is 0.800 bits per heavy atom. The summed E-state index contributed by atoms with van der Waals surface area (Å²) in [5.74, 6) is 0.307. The van der Waals surface area contributed by atoms with Crippen LogP contribution >= 0.6 is 0 Å². The fourth-order valence-corrected chi connectivity index (χ4v) is 5.58. The van der Waals surface area contributed by atoms with Gasteiger partial charge in [-0.15, -0.1) is 0 Å². The number of aryl methyl sites for hydroxylation is 3. The van der Waals surface area contributed by atoms with Crippen LogP contribution in [0.5, 0.6) is 5.75 Å². The lowest BCUT2D eigenvalue weighted by molar-refractivity contribution is 0.0279. The summed E-state index contributed by atoms with van der Waals surface area (Å²) in [6.45, 7) is 10.0. The molecule has 1 aliphatic heterocycles. The molecule has 180 valence electrons. The first-order chi connectivity index (χ1) is 16.8. The maximum Gasteiger partial charge on any atom is 0.196 e. The minimum atomic E-state index is -1.33. The van der Waals surface area contributed by atoms with E-state index in [-0.39, 0.29) is 11.6 Å². The SMILES string of the molecule is COc1ccc2c(c1)C(=O)C(c1cccc(C)c1)(N1CCN(Cc3cc(C)ccc3C)CC1)C2=O. The molecular formula is C30H32N2O3. The quantitative estimate of drug-likeness (QED) is 0.508. The number of nitrogens with zero attached hydrogens (tertiary/aromatic N) is 2. The van der Waals surface area contributed by atoms with Crippen molar-refractivity contribution in [2.45, 2.75) is 32.9 Å². The van der Waals surface area contributed by atoms with Gasteiger partial charge < -0.3 is 4.74 Å². The molecule has 1 saturated heterocycles. The van der Waals surface area contributed by atoms with Crippen LogP contribution in [0.1, 0.15) is 48.5 Å². The lowest BCUT2D eigenvalue weighted by Crippen LogP contribution is -2.60. The number of rotatable bonds is 5. The maximum atomic E-state index is 14.1. The molecule has 3 aromatic carbocycles. The molecule has 5 rings (SSSR count). The Labute approximate surface area is 207 Å². The summed E-state index contributed by atoms with van der Waals surface area (Å²) < 4.78 is 5.37. The fraction of sp³-hybridized carbons (Fsp3) is 0.333. The summed E-state index contributed by atoms with van der Waals surface area (Å²) in [4.78, 5) is 32.7. The zero-order valence-corrected chi connectivity index (χ0v) is 20.9. The molecule has 0 saturated carbocycles. The number of hydrogen-bond acceptors (Lipinski definition) is 5. The van der Waals surface area contributed by atoms with Gasteiger partial charge in [0, 0.05) is 43.9 Å². The van der Waals surface area contributed by atoms with Gasteiger partial charge in [0.15, 0.2) is 17.1 Å². The number of benzene rings is 3. The van der Waals surface area contributed by atoms with E-state index in [1.807, 2.05) is 31.2 Å². The van der Waals surface area contributed by atoms with Crippen molar-refractivity contribution in [3.63, 3.8) is 0 Å². The maximum absolute atomic E-state index is 14.1. The number of methoxy groups -OCH3 is 1. The molecule has 5 nitrogen and oxygen atoms in total. The molecule has 0 amide bonds. The number of ether oxygens (including phenoxy) is 1. The number of Topliss-reactive ketones (excluding diaryl/α,β-unsaturated/α-hetero) is 2. The largest absolute Gasteiger partial charge is 0.497 e. The van der Waals surface area contributed by atoms with Crippen molar-refractivity contribution in [1.29, 1.82) is 0 Å². The molecule has 0 aromatic heterocycles. The van der Waals surface area contributed by atoms with Crippen LogP contribution in [0.15, 0.2) is 60.7 Å². The van der Waals surface area contributed by atoms with Crippen molar-refractivity contribution in [3.8, 4) is 5.75 Å². The summed E-state index contributed by atoms with van der Waals surface area (Å²) in [6.07, 6.45) is 0. The molecular weight excluding hydrogens is 436 g/mol. The molecule has 3 aromatic rings. The number of piperazine rings is 1. The van der Waals surface area contributed by atoms with Gasteiger partial charge in [-0.25, -0.2) is 0 Å². The Balaban J connectivity index is 1.49. The monoisotopic (exact) mass is 468 g/mol. The Hall–Kier alpha value is -3.28. The van der Waals surface area contributed by atoms with Crippen molar-refractivity contribution >= 4 is 11.6 Å². The molecule has 5 heteroatoms. The first-order valence-corrected chi connectivity index (χ1v) is 12.2. The van der Waals surface area contributed by atoms with Gasteiger partial charge in [-0.2, -0.15) is 0 Å². The van der Waals surface area contributed by atoms with E-state index in [1.54, 1.807) is 25.3 Å². The standard InChI is InChI=1S/C30H32N2O3/c1-20-6-5-7-24(17-20)30(28(33)26-11-10-25(35-4)18-27(26)29(30)34)32-14-12-31(13-15-32)19-23-16-21(2)8-9-22(23)3/h5-11,16-18H,12-15,19H2,1-4H3. The smallest absolute Gasteiger partial charge is 0.196 e. The average Bonchev–Trinajstić information content (AvgIpc) is 3.08. The summed E-state index contributed by atoms with van der Waals surface area (Å²) in [5.41, 5.74) is 5.28. The van der Waals surface area contributed by atoms with E-state index in [2.05, 4.69) is 41.8 Å². The molecule has 0 N–H and O–H groups in total. The molecule has 1 unspecified atom stereocenters. The first-order valence-electron chi connectivity index (χ1n) is 12.2. The molecule has 0 spiro atoms. The zero-order chi connectivity index (χ0) is 24.7. The van der Waals surface area contributed by atoms with Crippen LogP contribution in [0.3, 0.4) is 0 Å². The third-order valence-electron chi connectivity index (χ3n) is 7.55. The Bertz CT molecular complexity index is 1310. The molecule has 35 heavy (non-hydrogen) atoms. The fourth-order valence-electron chi connectivity index (χ4n) is 5.58. The van der Waals surface area contributed by atoms with Crippen molar-refractivity contribution in [2.24, 2.45) is 0 Å². The van der Waals surface area contributed by atoms with Gasteiger partial charge in [-0.1, -0.05) is 53.6 Å². The molecule has 0 radical (unpaired) electrons. The van der Waals surface area contributed by atoms with Crippen molar-refractivity contribution in [2.75, 3.05) is 33.3 Å². The van der Waals surface area contributed by atoms with Crippen LogP contribution in [0.4, 0.5) is 0 Å². The Kier molecular flexibility index (Phi) is 6.07. The Morgan fingerprint density at radius 2 is 1.51 bits per heavy atom. The lowest BCUT2D eigenvalue weighted by atomic mass is 9.81. The van der Waals surface area contributed by atoms with Crippen molar-refractivity contribution in [3.05, 3.63) is 99.6 Å². The second-order valence-electron chi connectivity index (χ2n) is 9.84. The molecule has 1 aliphatic carbocycles. The predicted molar refractivity (Wildman–Crippen MR) is 137 cm³/mol. The van der Waals surface area contributed by atoms with Gasteiger partial charge in [0.05, 0.1) is 7.11 Å². The number of carbonyl (C=O) groups is 2. The second kappa shape index (κ2) is 9.06. The number of carbonyl (C=O) groups excluding carboxylic acids is 2. The minimum Gasteiger partial charge on any atom is -0.497 e. The third-order valence-corrected chi connectivity index (χ3v) is 7.55. The summed E-state index contributed by atoms with van der Waals surface area (Å²) in [6, 6.07) is 19.6. The van der Waals surface area contributed by atoms with Crippen molar-refractivity contribution < 1.29 is 14.3 Å². The first kappa shape index (κ1) is 23.5. The zero-order valence-electron chi connectivity index (χ0n) is 20.9. The van der Waals surface area contributed by atoms with E-state index in [1.165, 1.54) is 16.7 Å². The van der Waals surface area contributed by atoms with E-state index in [0.717, 1.165) is 30.8 Å². The van der Waals surface area contributed by atoms with Crippen LogP contribution in [-0.2, 0) is 12.1 Å². The highest BCUT2D eigenvalue weighted by Gasteiger charge is 2.58. The van der Waals surface area contributed by atoms with Crippen molar-refractivity contribution in [1.82, 2.24) is 9.80 Å². The Morgan fingerprint density at radius 3 is 2.23 bits per heavy atom. The molecule has 2 aliphatic rings. The van der Waals surface area contributed by atoms with Crippen LogP contribution in [0.25, 0.3) is 0 Å². The normalized spacial score (nSPS) is 20.8. The highest BCUT2D eigenvalue weighted by atomic mass is 16.5. The number of hydrogen-bond donors (Lipinski definition) is 0. The van der Waals surface area contributed by atoms with Gasteiger partial charge in [0.2, 0.25) is 0 Å². The van der Waals surface area contributed by atoms with Gasteiger partial charge in [0.25, 0.3) is 0 Å². The van der Waals surface area contributed by atoms with Gasteiger partial charge >= 0.3 is 0 Å².